The molecular formula is C23H26N2O. The fraction of sp³-hybridized carbons (Fsp3) is 0.435. The normalized spacial score (nSPS) is 26.4. The summed E-state index contributed by atoms with van der Waals surface area (Å²) in [6.45, 7) is 1.88. The highest BCUT2D eigenvalue weighted by Crippen LogP contribution is 2.39. The van der Waals surface area contributed by atoms with Crippen molar-refractivity contribution in [3.05, 3.63) is 59.2 Å². The number of nitrogens with one attached hydrogen (secondary N) is 1. The van der Waals surface area contributed by atoms with Gasteiger partial charge in [0.05, 0.1) is 0 Å². The average Bonchev–Trinajstić information content (AvgIpc) is 3.21. The number of amides is 1. The molecule has 1 aliphatic heterocycles. The van der Waals surface area contributed by atoms with Crippen molar-refractivity contribution in [2.75, 3.05) is 13.6 Å². The van der Waals surface area contributed by atoms with Gasteiger partial charge in [0.25, 0.3) is 0 Å². The molecule has 2 aromatic carbocycles. The predicted octanol–water partition coefficient (Wildman–Crippen LogP) is 3.60. The molecule has 1 amide bonds. The topological polar surface area (TPSA) is 32.3 Å². The van der Waals surface area contributed by atoms with Crippen molar-refractivity contribution in [2.45, 2.75) is 38.3 Å². The minimum atomic E-state index is 0.243. The van der Waals surface area contributed by atoms with Gasteiger partial charge >= 0.3 is 0 Å². The Balaban J connectivity index is 1.29. The minimum Gasteiger partial charge on any atom is -0.356 e. The summed E-state index contributed by atoms with van der Waals surface area (Å²) in [6, 6.07) is 16.4. The van der Waals surface area contributed by atoms with Crippen LogP contribution in [0.5, 0.6) is 0 Å². The zero-order valence-corrected chi connectivity index (χ0v) is 15.4. The summed E-state index contributed by atoms with van der Waals surface area (Å²) in [4.78, 5) is 14.2. The van der Waals surface area contributed by atoms with Crippen LogP contribution in [0.1, 0.15) is 36.0 Å². The van der Waals surface area contributed by atoms with Crippen LogP contribution in [-0.4, -0.2) is 30.4 Å². The molecular weight excluding hydrogens is 320 g/mol. The van der Waals surface area contributed by atoms with Crippen LogP contribution in [0.4, 0.5) is 0 Å². The van der Waals surface area contributed by atoms with Gasteiger partial charge in [-0.3, -0.25) is 9.69 Å². The molecule has 1 saturated heterocycles. The Hall–Kier alpha value is -2.13. The van der Waals surface area contributed by atoms with E-state index in [9.17, 15) is 4.79 Å². The van der Waals surface area contributed by atoms with Gasteiger partial charge in [0.2, 0.25) is 5.91 Å². The molecule has 2 aliphatic carbocycles. The molecule has 2 aromatic rings. The molecule has 0 spiro atoms. The Bertz CT molecular complexity index is 859. The summed E-state index contributed by atoms with van der Waals surface area (Å²) in [6.07, 6.45) is 4.18. The maximum Gasteiger partial charge on any atom is 0.220 e. The van der Waals surface area contributed by atoms with Crippen LogP contribution in [0.15, 0.2) is 42.5 Å². The molecule has 3 atom stereocenters. The van der Waals surface area contributed by atoms with Gasteiger partial charge in [-0.05, 0) is 66.0 Å². The van der Waals surface area contributed by atoms with Gasteiger partial charge in [0.15, 0.2) is 0 Å². The van der Waals surface area contributed by atoms with Crippen molar-refractivity contribution in [3.63, 3.8) is 0 Å². The SMILES string of the molecule is CN(Cc1ccc2c(c1)Cc1ccccc1-2)[C@H]1C[C@H]2CC(=O)NC[C@H]2C1. The molecule has 1 heterocycles. The summed E-state index contributed by atoms with van der Waals surface area (Å²) in [5, 5.41) is 3.04. The standard InChI is InChI=1S/C23H26N2O/c1-25(20-10-17-12-23(26)24-13-19(17)11-20)14-15-6-7-22-18(8-15)9-16-4-2-3-5-21(16)22/h2-8,17,19-20H,9-14H2,1H3,(H,24,26)/t17-,19+,20-/m0/s1. The third-order valence-electron chi connectivity index (χ3n) is 6.74. The molecule has 1 saturated carbocycles. The van der Waals surface area contributed by atoms with Crippen molar-refractivity contribution < 1.29 is 4.79 Å². The molecule has 3 heteroatoms. The summed E-state index contributed by atoms with van der Waals surface area (Å²) >= 11 is 0. The van der Waals surface area contributed by atoms with Crippen molar-refractivity contribution in [1.29, 1.82) is 0 Å². The molecule has 3 aliphatic rings. The van der Waals surface area contributed by atoms with Crippen LogP contribution in [0.3, 0.4) is 0 Å². The van der Waals surface area contributed by atoms with E-state index in [1.54, 1.807) is 0 Å². The van der Waals surface area contributed by atoms with E-state index in [1.807, 2.05) is 0 Å². The molecule has 2 fully saturated rings. The van der Waals surface area contributed by atoms with E-state index in [4.69, 9.17) is 0 Å². The lowest BCUT2D eigenvalue weighted by Crippen LogP contribution is -2.38. The maximum absolute atomic E-state index is 11.7. The van der Waals surface area contributed by atoms with E-state index < -0.39 is 0 Å². The maximum atomic E-state index is 11.7. The lowest BCUT2D eigenvalue weighted by molar-refractivity contribution is -0.124. The molecule has 26 heavy (non-hydrogen) atoms. The average molecular weight is 346 g/mol. The fourth-order valence-corrected chi connectivity index (χ4v) is 5.31. The van der Waals surface area contributed by atoms with Crippen molar-refractivity contribution in [2.24, 2.45) is 11.8 Å². The first-order valence-corrected chi connectivity index (χ1v) is 9.84. The van der Waals surface area contributed by atoms with Crippen LogP contribution in [0.2, 0.25) is 0 Å². The largest absolute Gasteiger partial charge is 0.356 e. The first kappa shape index (κ1) is 16.1. The van der Waals surface area contributed by atoms with Gasteiger partial charge in [-0.1, -0.05) is 42.5 Å². The second-order valence-electron chi connectivity index (χ2n) is 8.39. The van der Waals surface area contributed by atoms with Crippen LogP contribution in [-0.2, 0) is 17.8 Å². The Morgan fingerprint density at radius 2 is 1.85 bits per heavy atom. The highest BCUT2D eigenvalue weighted by atomic mass is 16.1. The monoisotopic (exact) mass is 346 g/mol. The molecule has 1 N–H and O–H groups in total. The summed E-state index contributed by atoms with van der Waals surface area (Å²) < 4.78 is 0. The summed E-state index contributed by atoms with van der Waals surface area (Å²) in [7, 11) is 2.25. The molecule has 0 radical (unpaired) electrons. The lowest BCUT2D eigenvalue weighted by atomic mass is 9.89. The number of carbonyl (C=O) groups excluding carboxylic acids is 1. The number of nitrogens with zero attached hydrogens (tertiary/aromatic N) is 1. The Morgan fingerprint density at radius 3 is 2.77 bits per heavy atom. The van der Waals surface area contributed by atoms with E-state index in [0.717, 1.165) is 25.9 Å². The molecule has 0 unspecified atom stereocenters. The minimum absolute atomic E-state index is 0.243. The number of hydrogen-bond acceptors (Lipinski definition) is 2. The van der Waals surface area contributed by atoms with Gasteiger partial charge in [-0.2, -0.15) is 0 Å². The first-order chi connectivity index (χ1) is 12.7. The van der Waals surface area contributed by atoms with Gasteiger partial charge in [-0.25, -0.2) is 0 Å². The number of rotatable bonds is 3. The molecule has 5 rings (SSSR count). The predicted molar refractivity (Wildman–Crippen MR) is 104 cm³/mol. The third-order valence-corrected chi connectivity index (χ3v) is 6.74. The van der Waals surface area contributed by atoms with Gasteiger partial charge < -0.3 is 5.32 Å². The highest BCUT2D eigenvalue weighted by Gasteiger charge is 2.39. The van der Waals surface area contributed by atoms with Crippen LogP contribution < -0.4 is 5.32 Å². The van der Waals surface area contributed by atoms with Crippen LogP contribution in [0.25, 0.3) is 11.1 Å². The number of carbonyl (C=O) groups is 1. The van der Waals surface area contributed by atoms with E-state index in [2.05, 4.69) is 59.7 Å². The fourth-order valence-electron chi connectivity index (χ4n) is 5.31. The number of hydrogen-bond donors (Lipinski definition) is 1. The number of fused-ring (bicyclic) bond motifs is 4. The highest BCUT2D eigenvalue weighted by molar-refractivity contribution is 5.77. The van der Waals surface area contributed by atoms with Crippen molar-refractivity contribution >= 4 is 5.91 Å². The Labute approximate surface area is 155 Å². The van der Waals surface area contributed by atoms with Gasteiger partial charge in [0, 0.05) is 25.6 Å². The van der Waals surface area contributed by atoms with E-state index in [1.165, 1.54) is 40.7 Å². The van der Waals surface area contributed by atoms with Gasteiger partial charge in [-0.15, -0.1) is 0 Å². The van der Waals surface area contributed by atoms with E-state index in [0.29, 0.717) is 17.9 Å². The van der Waals surface area contributed by atoms with E-state index in [-0.39, 0.29) is 5.91 Å². The van der Waals surface area contributed by atoms with Gasteiger partial charge in [0.1, 0.15) is 0 Å². The quantitative estimate of drug-likeness (QED) is 0.786. The van der Waals surface area contributed by atoms with Crippen molar-refractivity contribution in [3.8, 4) is 11.1 Å². The Kier molecular flexibility index (Phi) is 3.86. The smallest absolute Gasteiger partial charge is 0.220 e. The lowest BCUT2D eigenvalue weighted by Gasteiger charge is -2.25. The molecule has 0 bridgehead atoms. The second-order valence-corrected chi connectivity index (χ2v) is 8.39. The number of benzene rings is 2. The molecule has 134 valence electrons. The molecule has 0 aromatic heterocycles. The third kappa shape index (κ3) is 2.75. The van der Waals surface area contributed by atoms with Crippen LogP contribution >= 0.6 is 0 Å². The zero-order valence-electron chi connectivity index (χ0n) is 15.4. The van der Waals surface area contributed by atoms with Crippen molar-refractivity contribution in [1.82, 2.24) is 10.2 Å². The van der Waals surface area contributed by atoms with Crippen LogP contribution in [0, 0.1) is 11.8 Å². The molecule has 3 nitrogen and oxygen atoms in total. The zero-order chi connectivity index (χ0) is 17.7. The number of piperidine rings is 1. The first-order valence-electron chi connectivity index (χ1n) is 9.84. The van der Waals surface area contributed by atoms with E-state index >= 15 is 0 Å². The summed E-state index contributed by atoms with van der Waals surface area (Å²) in [5.41, 5.74) is 7.13. The Morgan fingerprint density at radius 1 is 1.04 bits per heavy atom. The summed E-state index contributed by atoms with van der Waals surface area (Å²) in [5.74, 6) is 1.51. The second kappa shape index (κ2) is 6.24.